The van der Waals surface area contributed by atoms with E-state index in [2.05, 4.69) is 6.92 Å². The number of benzene rings is 1. The summed E-state index contributed by atoms with van der Waals surface area (Å²) in [5, 5.41) is 9.44. The fourth-order valence-corrected chi connectivity index (χ4v) is 1.65. The van der Waals surface area contributed by atoms with E-state index in [0.717, 1.165) is 29.9 Å². The van der Waals surface area contributed by atoms with Crippen molar-refractivity contribution in [2.45, 2.75) is 32.3 Å². The van der Waals surface area contributed by atoms with Crippen molar-refractivity contribution in [3.8, 4) is 11.5 Å². The topological polar surface area (TPSA) is 64.7 Å². The summed E-state index contributed by atoms with van der Waals surface area (Å²) in [4.78, 5) is 0. The Kier molecular flexibility index (Phi) is 6.54. The second-order valence-corrected chi connectivity index (χ2v) is 4.26. The van der Waals surface area contributed by atoms with Crippen LogP contribution in [-0.4, -0.2) is 31.5 Å². The van der Waals surface area contributed by atoms with Gasteiger partial charge in [-0.1, -0.05) is 13.0 Å². The van der Waals surface area contributed by atoms with Crippen LogP contribution in [0.5, 0.6) is 11.5 Å². The number of hydrogen-bond donors (Lipinski definition) is 2. The van der Waals surface area contributed by atoms with Crippen LogP contribution < -0.4 is 15.2 Å². The van der Waals surface area contributed by atoms with Crippen molar-refractivity contribution in [3.63, 3.8) is 0 Å². The Morgan fingerprint density at radius 2 is 2.11 bits per heavy atom. The fraction of sp³-hybridized carbons (Fsp3) is 0.571. The van der Waals surface area contributed by atoms with Gasteiger partial charge in [0.2, 0.25) is 0 Å². The SMILES string of the molecule is CCCOc1ccc(CCC(O)CN)cc1OC. The van der Waals surface area contributed by atoms with Gasteiger partial charge in [0.1, 0.15) is 0 Å². The number of hydrogen-bond acceptors (Lipinski definition) is 4. The predicted molar refractivity (Wildman–Crippen MR) is 72.2 cm³/mol. The van der Waals surface area contributed by atoms with Crippen LogP contribution in [0.1, 0.15) is 25.3 Å². The minimum atomic E-state index is -0.438. The summed E-state index contributed by atoms with van der Waals surface area (Å²) in [5.41, 5.74) is 6.49. The van der Waals surface area contributed by atoms with E-state index in [0.29, 0.717) is 19.6 Å². The molecule has 0 bridgehead atoms. The Morgan fingerprint density at radius 3 is 2.72 bits per heavy atom. The zero-order chi connectivity index (χ0) is 13.4. The number of aryl methyl sites for hydroxylation is 1. The van der Waals surface area contributed by atoms with E-state index >= 15 is 0 Å². The average Bonchev–Trinajstić information content (AvgIpc) is 2.42. The number of aliphatic hydroxyl groups excluding tert-OH is 1. The van der Waals surface area contributed by atoms with Gasteiger partial charge in [0, 0.05) is 6.54 Å². The number of rotatable bonds is 8. The molecule has 1 aromatic carbocycles. The highest BCUT2D eigenvalue weighted by Gasteiger charge is 2.07. The molecule has 0 spiro atoms. The first kappa shape index (κ1) is 14.8. The van der Waals surface area contributed by atoms with Gasteiger partial charge in [-0.15, -0.1) is 0 Å². The lowest BCUT2D eigenvalue weighted by Gasteiger charge is -2.12. The molecule has 4 heteroatoms. The molecule has 1 unspecified atom stereocenters. The van der Waals surface area contributed by atoms with Crippen molar-refractivity contribution >= 4 is 0 Å². The maximum atomic E-state index is 9.44. The van der Waals surface area contributed by atoms with Gasteiger partial charge >= 0.3 is 0 Å². The second-order valence-electron chi connectivity index (χ2n) is 4.26. The van der Waals surface area contributed by atoms with Crippen molar-refractivity contribution in [3.05, 3.63) is 23.8 Å². The lowest BCUT2D eigenvalue weighted by Crippen LogP contribution is -2.20. The van der Waals surface area contributed by atoms with Gasteiger partial charge in [0.05, 0.1) is 19.8 Å². The summed E-state index contributed by atoms with van der Waals surface area (Å²) in [7, 11) is 1.63. The lowest BCUT2D eigenvalue weighted by atomic mass is 10.1. The quantitative estimate of drug-likeness (QED) is 0.740. The molecule has 0 aliphatic heterocycles. The predicted octanol–water partition coefficient (Wildman–Crippen LogP) is 1.74. The first-order valence-corrected chi connectivity index (χ1v) is 6.39. The van der Waals surface area contributed by atoms with E-state index in [1.807, 2.05) is 18.2 Å². The Labute approximate surface area is 109 Å². The van der Waals surface area contributed by atoms with E-state index in [9.17, 15) is 5.11 Å². The van der Waals surface area contributed by atoms with Crippen LogP contribution in [0, 0.1) is 0 Å². The van der Waals surface area contributed by atoms with Crippen molar-refractivity contribution in [2.75, 3.05) is 20.3 Å². The van der Waals surface area contributed by atoms with Crippen LogP contribution in [0.3, 0.4) is 0 Å². The van der Waals surface area contributed by atoms with E-state index in [1.54, 1.807) is 7.11 Å². The third-order valence-electron chi connectivity index (χ3n) is 2.73. The van der Waals surface area contributed by atoms with Gasteiger partial charge in [0.15, 0.2) is 11.5 Å². The van der Waals surface area contributed by atoms with Crippen LogP contribution >= 0.6 is 0 Å². The molecule has 0 saturated carbocycles. The largest absolute Gasteiger partial charge is 0.493 e. The van der Waals surface area contributed by atoms with Crippen molar-refractivity contribution in [2.24, 2.45) is 5.73 Å². The van der Waals surface area contributed by atoms with Crippen molar-refractivity contribution < 1.29 is 14.6 Å². The van der Waals surface area contributed by atoms with Gasteiger partial charge in [-0.3, -0.25) is 0 Å². The minimum absolute atomic E-state index is 0.300. The minimum Gasteiger partial charge on any atom is -0.493 e. The summed E-state index contributed by atoms with van der Waals surface area (Å²) < 4.78 is 10.9. The first-order chi connectivity index (χ1) is 8.71. The molecule has 0 saturated heterocycles. The third-order valence-corrected chi connectivity index (χ3v) is 2.73. The molecule has 1 atom stereocenters. The van der Waals surface area contributed by atoms with Crippen molar-refractivity contribution in [1.82, 2.24) is 0 Å². The van der Waals surface area contributed by atoms with Gasteiger partial charge < -0.3 is 20.3 Å². The van der Waals surface area contributed by atoms with E-state index in [1.165, 1.54) is 0 Å². The number of methoxy groups -OCH3 is 1. The monoisotopic (exact) mass is 253 g/mol. The summed E-state index contributed by atoms with van der Waals surface area (Å²) in [5.74, 6) is 1.51. The molecule has 0 aliphatic carbocycles. The summed E-state index contributed by atoms with van der Waals surface area (Å²) in [6, 6.07) is 5.86. The Balaban J connectivity index is 2.66. The Morgan fingerprint density at radius 1 is 1.33 bits per heavy atom. The standard InChI is InChI=1S/C14H23NO3/c1-3-8-18-13-7-5-11(9-14(13)17-2)4-6-12(16)10-15/h5,7,9,12,16H,3-4,6,8,10,15H2,1-2H3. The van der Waals surface area contributed by atoms with Gasteiger partial charge in [-0.05, 0) is 37.0 Å². The molecule has 0 amide bonds. The molecular weight excluding hydrogens is 230 g/mol. The van der Waals surface area contributed by atoms with Crippen LogP contribution in [0.25, 0.3) is 0 Å². The second kappa shape index (κ2) is 7.95. The highest BCUT2D eigenvalue weighted by molar-refractivity contribution is 5.43. The van der Waals surface area contributed by atoms with Gasteiger partial charge in [-0.25, -0.2) is 0 Å². The molecule has 0 fully saturated rings. The number of nitrogens with two attached hydrogens (primary N) is 1. The van der Waals surface area contributed by atoms with Crippen LogP contribution in [-0.2, 0) is 6.42 Å². The zero-order valence-electron chi connectivity index (χ0n) is 11.2. The van der Waals surface area contributed by atoms with Gasteiger partial charge in [-0.2, -0.15) is 0 Å². The van der Waals surface area contributed by atoms with Crippen molar-refractivity contribution in [1.29, 1.82) is 0 Å². The zero-order valence-corrected chi connectivity index (χ0v) is 11.2. The summed E-state index contributed by atoms with van der Waals surface area (Å²) >= 11 is 0. The first-order valence-electron chi connectivity index (χ1n) is 6.39. The smallest absolute Gasteiger partial charge is 0.161 e. The van der Waals surface area contributed by atoms with Gasteiger partial charge in [0.25, 0.3) is 0 Å². The average molecular weight is 253 g/mol. The van der Waals surface area contributed by atoms with Crippen LogP contribution in [0.15, 0.2) is 18.2 Å². The molecule has 4 nitrogen and oxygen atoms in total. The van der Waals surface area contributed by atoms with E-state index in [4.69, 9.17) is 15.2 Å². The molecule has 102 valence electrons. The molecule has 18 heavy (non-hydrogen) atoms. The fourth-order valence-electron chi connectivity index (χ4n) is 1.65. The normalized spacial score (nSPS) is 12.2. The summed E-state index contributed by atoms with van der Waals surface area (Å²) in [6.07, 6.45) is 1.97. The highest BCUT2D eigenvalue weighted by Crippen LogP contribution is 2.28. The molecule has 1 rings (SSSR count). The third kappa shape index (κ3) is 4.55. The Bertz CT molecular complexity index is 355. The Hall–Kier alpha value is -1.26. The van der Waals surface area contributed by atoms with Crippen LogP contribution in [0.4, 0.5) is 0 Å². The maximum Gasteiger partial charge on any atom is 0.161 e. The number of aliphatic hydroxyl groups is 1. The molecule has 1 aromatic rings. The molecule has 0 aliphatic rings. The molecular formula is C14H23NO3. The van der Waals surface area contributed by atoms with E-state index < -0.39 is 6.10 Å². The maximum absolute atomic E-state index is 9.44. The summed E-state index contributed by atoms with van der Waals surface area (Å²) in [6.45, 7) is 3.05. The molecule has 0 heterocycles. The molecule has 0 radical (unpaired) electrons. The molecule has 0 aromatic heterocycles. The van der Waals surface area contributed by atoms with Crippen LogP contribution in [0.2, 0.25) is 0 Å². The highest BCUT2D eigenvalue weighted by atomic mass is 16.5. The molecule has 3 N–H and O–H groups in total. The number of ether oxygens (including phenoxy) is 2. The lowest BCUT2D eigenvalue weighted by molar-refractivity contribution is 0.173. The van der Waals surface area contributed by atoms with E-state index in [-0.39, 0.29) is 0 Å².